The fourth-order valence-electron chi connectivity index (χ4n) is 1.84. The smallest absolute Gasteiger partial charge is 0.407 e. The van der Waals surface area contributed by atoms with Crippen molar-refractivity contribution in [3.63, 3.8) is 0 Å². The lowest BCUT2D eigenvalue weighted by molar-refractivity contribution is 0.0600. The molecular weight excluding hydrogens is 308 g/mol. The average molecular weight is 326 g/mol. The maximum atomic E-state index is 11.5. The normalized spacial score (nSPS) is 10.4. The number of hydrogen-bond acceptors (Lipinski definition) is 5. The summed E-state index contributed by atoms with van der Waals surface area (Å²) in [6.45, 7) is 0.543. The third-order valence-electron chi connectivity index (χ3n) is 3.07. The van der Waals surface area contributed by atoms with Crippen LogP contribution in [-0.2, 0) is 16.1 Å². The lowest BCUT2D eigenvalue weighted by Gasteiger charge is -2.05. The van der Waals surface area contributed by atoms with Crippen molar-refractivity contribution in [1.82, 2.24) is 10.3 Å². The second-order valence-corrected chi connectivity index (χ2v) is 4.81. The Balaban J connectivity index is 1.72. The highest BCUT2D eigenvalue weighted by Crippen LogP contribution is 2.03. The number of rotatable bonds is 6. The third kappa shape index (κ3) is 5.57. The summed E-state index contributed by atoms with van der Waals surface area (Å²) in [5.41, 5.74) is 1.98. The highest BCUT2D eigenvalue weighted by molar-refractivity contribution is 5.88. The number of amides is 1. The number of methoxy groups -OCH3 is 1. The fourth-order valence-corrected chi connectivity index (χ4v) is 1.84. The first-order valence-electron chi connectivity index (χ1n) is 7.34. The van der Waals surface area contributed by atoms with Crippen molar-refractivity contribution in [2.24, 2.45) is 0 Å². The largest absolute Gasteiger partial charge is 0.465 e. The zero-order chi connectivity index (χ0) is 17.2. The molecule has 124 valence electrons. The molecule has 0 atom stereocenters. The highest BCUT2D eigenvalue weighted by Gasteiger charge is 2.04. The molecule has 0 aliphatic carbocycles. The Hall–Kier alpha value is -3.15. The van der Waals surface area contributed by atoms with Crippen molar-refractivity contribution in [2.75, 3.05) is 13.7 Å². The summed E-state index contributed by atoms with van der Waals surface area (Å²) in [6, 6.07) is 12.8. The van der Waals surface area contributed by atoms with Gasteiger partial charge in [0.15, 0.2) is 0 Å². The van der Waals surface area contributed by atoms with Gasteiger partial charge >= 0.3 is 12.1 Å². The van der Waals surface area contributed by atoms with Crippen molar-refractivity contribution >= 4 is 18.1 Å². The number of alkyl carbamates (subject to hydrolysis) is 1. The molecule has 0 aliphatic heterocycles. The van der Waals surface area contributed by atoms with E-state index < -0.39 is 12.1 Å². The summed E-state index contributed by atoms with van der Waals surface area (Å²) >= 11 is 0. The molecule has 1 heterocycles. The number of benzene rings is 1. The van der Waals surface area contributed by atoms with Gasteiger partial charge in [0.2, 0.25) is 0 Å². The Kier molecular flexibility index (Phi) is 6.52. The molecule has 1 aromatic carbocycles. The van der Waals surface area contributed by atoms with Gasteiger partial charge in [-0.25, -0.2) is 9.59 Å². The summed E-state index contributed by atoms with van der Waals surface area (Å²) in [7, 11) is 1.32. The lowest BCUT2D eigenvalue weighted by atomic mass is 10.2. The Morgan fingerprint density at radius 3 is 2.62 bits per heavy atom. The second kappa shape index (κ2) is 9.09. The van der Waals surface area contributed by atoms with Crippen LogP contribution < -0.4 is 5.32 Å². The van der Waals surface area contributed by atoms with Crippen LogP contribution in [0.2, 0.25) is 0 Å². The van der Waals surface area contributed by atoms with Gasteiger partial charge in [-0.2, -0.15) is 0 Å². The average Bonchev–Trinajstić information content (AvgIpc) is 2.64. The molecule has 0 bridgehead atoms. The molecule has 6 heteroatoms. The first-order valence-corrected chi connectivity index (χ1v) is 7.34. The quantitative estimate of drug-likeness (QED) is 0.826. The van der Waals surface area contributed by atoms with Gasteiger partial charge in [0, 0.05) is 12.7 Å². The van der Waals surface area contributed by atoms with Crippen molar-refractivity contribution in [2.45, 2.75) is 6.61 Å². The van der Waals surface area contributed by atoms with Crippen LogP contribution in [0.5, 0.6) is 0 Å². The minimum atomic E-state index is -0.488. The molecule has 2 rings (SSSR count). The number of pyridine rings is 1. The van der Waals surface area contributed by atoms with Gasteiger partial charge in [0.1, 0.15) is 6.61 Å². The molecular formula is C18H18N2O4. The molecule has 6 nitrogen and oxygen atoms in total. The predicted molar refractivity (Wildman–Crippen MR) is 89.2 cm³/mol. The summed E-state index contributed by atoms with van der Waals surface area (Å²) in [5, 5.41) is 2.61. The van der Waals surface area contributed by atoms with Gasteiger partial charge in [0.05, 0.1) is 18.4 Å². The molecule has 2 aromatic rings. The molecule has 0 radical (unpaired) electrons. The van der Waals surface area contributed by atoms with Crippen LogP contribution in [0.1, 0.15) is 21.6 Å². The highest BCUT2D eigenvalue weighted by atomic mass is 16.5. The molecule has 0 spiro atoms. The zero-order valence-electron chi connectivity index (χ0n) is 13.3. The van der Waals surface area contributed by atoms with Gasteiger partial charge < -0.3 is 14.8 Å². The van der Waals surface area contributed by atoms with Crippen molar-refractivity contribution in [3.8, 4) is 0 Å². The molecule has 0 saturated carbocycles. The van der Waals surface area contributed by atoms with E-state index >= 15 is 0 Å². The number of nitrogens with one attached hydrogen (secondary N) is 1. The van der Waals surface area contributed by atoms with Crippen LogP contribution in [0, 0.1) is 0 Å². The Bertz CT molecular complexity index is 697. The molecule has 0 fully saturated rings. The molecule has 0 unspecified atom stereocenters. The SMILES string of the molecule is COC(=O)c1ccc(C=CCNC(=O)OCc2ccccc2)nc1. The number of carbonyl (C=O) groups is 2. The Morgan fingerprint density at radius 1 is 1.17 bits per heavy atom. The van der Waals surface area contributed by atoms with Crippen LogP contribution >= 0.6 is 0 Å². The second-order valence-electron chi connectivity index (χ2n) is 4.81. The zero-order valence-corrected chi connectivity index (χ0v) is 13.3. The minimum Gasteiger partial charge on any atom is -0.465 e. The first-order chi connectivity index (χ1) is 11.7. The monoisotopic (exact) mass is 326 g/mol. The van der Waals surface area contributed by atoms with E-state index in [2.05, 4.69) is 15.0 Å². The van der Waals surface area contributed by atoms with Crippen LogP contribution in [-0.4, -0.2) is 30.7 Å². The third-order valence-corrected chi connectivity index (χ3v) is 3.07. The van der Waals surface area contributed by atoms with E-state index in [-0.39, 0.29) is 6.61 Å². The van der Waals surface area contributed by atoms with Crippen molar-refractivity contribution in [3.05, 3.63) is 71.6 Å². The molecule has 1 N–H and O–H groups in total. The molecule has 0 aliphatic rings. The van der Waals surface area contributed by atoms with Crippen molar-refractivity contribution < 1.29 is 19.1 Å². The van der Waals surface area contributed by atoms with Gasteiger partial charge in [-0.15, -0.1) is 0 Å². The number of nitrogens with zero attached hydrogens (tertiary/aromatic N) is 1. The number of carbonyl (C=O) groups excluding carboxylic acids is 2. The number of ether oxygens (including phenoxy) is 2. The van der Waals surface area contributed by atoms with Gasteiger partial charge in [0.25, 0.3) is 0 Å². The van der Waals surface area contributed by atoms with E-state index in [0.29, 0.717) is 17.8 Å². The standard InChI is InChI=1S/C18H18N2O4/c1-23-17(21)15-9-10-16(20-12-15)8-5-11-19-18(22)24-13-14-6-3-2-4-7-14/h2-10,12H,11,13H2,1H3,(H,19,22). The van der Waals surface area contributed by atoms with Crippen LogP contribution in [0.15, 0.2) is 54.7 Å². The lowest BCUT2D eigenvalue weighted by Crippen LogP contribution is -2.24. The summed E-state index contributed by atoms with van der Waals surface area (Å²) < 4.78 is 9.68. The van der Waals surface area contributed by atoms with E-state index in [1.54, 1.807) is 24.3 Å². The molecule has 24 heavy (non-hydrogen) atoms. The van der Waals surface area contributed by atoms with Crippen LogP contribution in [0.3, 0.4) is 0 Å². The van der Waals surface area contributed by atoms with E-state index in [1.165, 1.54) is 13.3 Å². The van der Waals surface area contributed by atoms with Crippen LogP contribution in [0.4, 0.5) is 4.79 Å². The topological polar surface area (TPSA) is 77.5 Å². The maximum Gasteiger partial charge on any atom is 0.407 e. The number of hydrogen-bond donors (Lipinski definition) is 1. The summed E-state index contributed by atoms with van der Waals surface area (Å²) in [4.78, 5) is 26.9. The minimum absolute atomic E-state index is 0.229. The molecule has 0 saturated heterocycles. The Morgan fingerprint density at radius 2 is 1.96 bits per heavy atom. The number of esters is 1. The molecule has 1 amide bonds. The van der Waals surface area contributed by atoms with Gasteiger partial charge in [-0.1, -0.05) is 36.4 Å². The van der Waals surface area contributed by atoms with Crippen LogP contribution in [0.25, 0.3) is 6.08 Å². The maximum absolute atomic E-state index is 11.5. The van der Waals surface area contributed by atoms with E-state index in [0.717, 1.165) is 5.56 Å². The Labute approximate surface area is 140 Å². The first kappa shape index (κ1) is 17.2. The van der Waals surface area contributed by atoms with Crippen molar-refractivity contribution in [1.29, 1.82) is 0 Å². The van der Waals surface area contributed by atoms with Gasteiger partial charge in [-0.05, 0) is 23.8 Å². The molecule has 1 aromatic heterocycles. The predicted octanol–water partition coefficient (Wildman–Crippen LogP) is 2.81. The number of aromatic nitrogens is 1. The summed E-state index contributed by atoms with van der Waals surface area (Å²) in [5.74, 6) is -0.430. The fraction of sp³-hybridized carbons (Fsp3) is 0.167. The van der Waals surface area contributed by atoms with E-state index in [4.69, 9.17) is 4.74 Å². The van der Waals surface area contributed by atoms with Gasteiger partial charge in [-0.3, -0.25) is 4.98 Å². The van der Waals surface area contributed by atoms with E-state index in [1.807, 2.05) is 30.3 Å². The van der Waals surface area contributed by atoms with E-state index in [9.17, 15) is 9.59 Å². The summed E-state index contributed by atoms with van der Waals surface area (Å²) in [6.07, 6.45) is 4.42.